The zero-order chi connectivity index (χ0) is 22.2. The minimum Gasteiger partial charge on any atom is -1.00 e. The fourth-order valence-corrected chi connectivity index (χ4v) is 4.78. The average Bonchev–Trinajstić information content (AvgIpc) is 3.20. The number of aryl methyl sites for hydroxylation is 3. The van der Waals surface area contributed by atoms with Crippen molar-refractivity contribution in [3.05, 3.63) is 136 Å². The zero-order valence-corrected chi connectivity index (χ0v) is 25.1. The second kappa shape index (κ2) is 13.2. The van der Waals surface area contributed by atoms with Crippen LogP contribution in [0, 0.1) is 20.8 Å². The first-order valence-electron chi connectivity index (χ1n) is 11.2. The van der Waals surface area contributed by atoms with E-state index >= 15 is 0 Å². The van der Waals surface area contributed by atoms with Crippen LogP contribution < -0.4 is 37.2 Å². The molecule has 0 heterocycles. The van der Waals surface area contributed by atoms with E-state index in [1.54, 1.807) is 0 Å². The van der Waals surface area contributed by atoms with Crippen LogP contribution in [0.1, 0.15) is 65.3 Å². The molecule has 0 amide bonds. The number of halogens is 3. The first-order chi connectivity index (χ1) is 14.7. The Morgan fingerprint density at radius 2 is 0.914 bits per heavy atom. The summed E-state index contributed by atoms with van der Waals surface area (Å²) in [5.41, 5.74) is 10.2. The van der Waals surface area contributed by atoms with Gasteiger partial charge in [-0.25, -0.2) is 6.07 Å². The van der Waals surface area contributed by atoms with Gasteiger partial charge in [0.1, 0.15) is 0 Å². The van der Waals surface area contributed by atoms with E-state index in [2.05, 4.69) is 133 Å². The Labute approximate surface area is 245 Å². The predicted molar refractivity (Wildman–Crippen MR) is 133 cm³/mol. The number of rotatable bonds is 4. The number of hydrogen-bond donors (Lipinski definition) is 0. The molecule has 0 aromatic heterocycles. The molecular formula is C31H33Cl3Ti. The summed E-state index contributed by atoms with van der Waals surface area (Å²) in [5.74, 6) is 0. The Morgan fingerprint density at radius 3 is 1.20 bits per heavy atom. The van der Waals surface area contributed by atoms with Crippen molar-refractivity contribution in [2.75, 3.05) is 0 Å². The van der Waals surface area contributed by atoms with Gasteiger partial charge in [0.05, 0.1) is 0 Å². The second-order valence-electron chi connectivity index (χ2n) is 10.00. The van der Waals surface area contributed by atoms with Gasteiger partial charge in [-0.05, 0) is 37.5 Å². The minimum atomic E-state index is -0.367. The summed E-state index contributed by atoms with van der Waals surface area (Å²) < 4.78 is 0. The van der Waals surface area contributed by atoms with Crippen molar-refractivity contribution in [2.24, 2.45) is 0 Å². The first-order valence-corrected chi connectivity index (χ1v) is 11.2. The summed E-state index contributed by atoms with van der Waals surface area (Å²) in [5, 5.41) is 0. The average molecular weight is 560 g/mol. The van der Waals surface area contributed by atoms with Crippen LogP contribution in [0.2, 0.25) is 0 Å². The largest absolute Gasteiger partial charge is 4.00 e. The van der Waals surface area contributed by atoms with Crippen molar-refractivity contribution in [1.82, 2.24) is 0 Å². The molecule has 182 valence electrons. The van der Waals surface area contributed by atoms with Crippen molar-refractivity contribution >= 4 is 0 Å². The molecule has 0 saturated heterocycles. The van der Waals surface area contributed by atoms with Crippen molar-refractivity contribution in [3.63, 3.8) is 0 Å². The van der Waals surface area contributed by atoms with Crippen LogP contribution >= 0.6 is 0 Å². The quantitative estimate of drug-likeness (QED) is 0.171. The van der Waals surface area contributed by atoms with E-state index in [1.807, 2.05) is 0 Å². The summed E-state index contributed by atoms with van der Waals surface area (Å²) in [6.07, 6.45) is 0. The van der Waals surface area contributed by atoms with Gasteiger partial charge in [-0.3, -0.25) is 0 Å². The van der Waals surface area contributed by atoms with Crippen LogP contribution in [-0.2, 0) is 32.5 Å². The summed E-state index contributed by atoms with van der Waals surface area (Å²) in [4.78, 5) is 0. The maximum absolute atomic E-state index is 2.42. The SMILES string of the molecule is Cc1cccc(C(c2cccc(C)c2)(c2cccc(C)c2)[c-]2ccc(C(C)(C)C)c2)c1.[Cl-].[Cl-].[Cl-].[Ti+4]. The van der Waals surface area contributed by atoms with Crippen LogP contribution in [0.4, 0.5) is 0 Å². The second-order valence-corrected chi connectivity index (χ2v) is 10.00. The fourth-order valence-electron chi connectivity index (χ4n) is 4.78. The summed E-state index contributed by atoms with van der Waals surface area (Å²) in [7, 11) is 0. The molecule has 0 fully saturated rings. The molecule has 0 nitrogen and oxygen atoms in total. The predicted octanol–water partition coefficient (Wildman–Crippen LogP) is -0.980. The van der Waals surface area contributed by atoms with Crippen LogP contribution in [0.15, 0.2) is 91.0 Å². The molecule has 4 aromatic rings. The van der Waals surface area contributed by atoms with E-state index in [9.17, 15) is 0 Å². The van der Waals surface area contributed by atoms with Gasteiger partial charge in [-0.1, -0.05) is 116 Å². The summed E-state index contributed by atoms with van der Waals surface area (Å²) >= 11 is 0. The molecule has 0 bridgehead atoms. The van der Waals surface area contributed by atoms with Gasteiger partial charge >= 0.3 is 21.7 Å². The van der Waals surface area contributed by atoms with Crippen molar-refractivity contribution in [3.8, 4) is 0 Å². The van der Waals surface area contributed by atoms with Gasteiger partial charge in [0.2, 0.25) is 0 Å². The molecule has 0 aliphatic carbocycles. The number of hydrogen-bond acceptors (Lipinski definition) is 0. The van der Waals surface area contributed by atoms with Crippen LogP contribution in [0.5, 0.6) is 0 Å². The molecule has 4 rings (SSSR count). The molecule has 0 atom stereocenters. The fraction of sp³-hybridized carbons (Fsp3) is 0.258. The molecule has 0 spiro atoms. The Morgan fingerprint density at radius 1 is 0.543 bits per heavy atom. The zero-order valence-electron chi connectivity index (χ0n) is 21.3. The van der Waals surface area contributed by atoms with Gasteiger partial charge in [-0.2, -0.15) is 17.7 Å². The van der Waals surface area contributed by atoms with E-state index in [-0.39, 0.29) is 69.8 Å². The Bertz CT molecular complexity index is 1110. The molecule has 4 aromatic carbocycles. The standard InChI is InChI=1S/C31H33.3ClH.Ti/c1-22-10-7-13-26(18-22)31(27-14-8-11-23(2)19-27,28-15-9-12-24(3)20-28)29-17-16-25(21-29)30(4,5)6;;;;/h7-21H,1-6H3;3*1H;/q-1;;;;+4/p-3. The molecule has 35 heavy (non-hydrogen) atoms. The number of benzene rings is 3. The van der Waals surface area contributed by atoms with E-state index in [1.165, 1.54) is 44.5 Å². The van der Waals surface area contributed by atoms with Crippen molar-refractivity contribution in [1.29, 1.82) is 0 Å². The molecule has 0 aliphatic rings. The van der Waals surface area contributed by atoms with Gasteiger partial charge in [0, 0.05) is 5.41 Å². The van der Waals surface area contributed by atoms with E-state index in [0.29, 0.717) is 0 Å². The van der Waals surface area contributed by atoms with E-state index < -0.39 is 0 Å². The van der Waals surface area contributed by atoms with E-state index in [4.69, 9.17) is 0 Å². The molecule has 4 heteroatoms. The smallest absolute Gasteiger partial charge is 1.00 e. The van der Waals surface area contributed by atoms with Gasteiger partial charge in [0.15, 0.2) is 0 Å². The molecule has 0 saturated carbocycles. The maximum Gasteiger partial charge on any atom is 4.00 e. The monoisotopic (exact) mass is 558 g/mol. The topological polar surface area (TPSA) is 0 Å². The Balaban J connectivity index is 0.00000289. The van der Waals surface area contributed by atoms with Crippen molar-refractivity contribution < 1.29 is 58.9 Å². The molecule has 0 radical (unpaired) electrons. The summed E-state index contributed by atoms with van der Waals surface area (Å²) in [6.45, 7) is 13.4. The molecule has 0 N–H and O–H groups in total. The minimum absolute atomic E-state index is 0. The first kappa shape index (κ1) is 33.6. The van der Waals surface area contributed by atoms with Crippen LogP contribution in [-0.4, -0.2) is 0 Å². The Hall–Kier alpha value is -1.41. The van der Waals surface area contributed by atoms with Gasteiger partial charge in [0.25, 0.3) is 0 Å². The third-order valence-electron chi connectivity index (χ3n) is 6.41. The molecule has 0 unspecified atom stereocenters. The van der Waals surface area contributed by atoms with Crippen LogP contribution in [0.25, 0.3) is 0 Å². The van der Waals surface area contributed by atoms with Gasteiger partial charge in [-0.15, -0.1) is 5.56 Å². The van der Waals surface area contributed by atoms with Gasteiger partial charge < -0.3 is 37.2 Å². The van der Waals surface area contributed by atoms with E-state index in [0.717, 1.165) is 0 Å². The summed E-state index contributed by atoms with van der Waals surface area (Å²) in [6, 6.07) is 34.2. The maximum atomic E-state index is 2.42. The third-order valence-corrected chi connectivity index (χ3v) is 6.41. The Kier molecular flexibility index (Phi) is 12.7. The molecular weight excluding hydrogens is 527 g/mol. The van der Waals surface area contributed by atoms with Crippen molar-refractivity contribution in [2.45, 2.75) is 52.4 Å². The van der Waals surface area contributed by atoms with Crippen LogP contribution in [0.3, 0.4) is 0 Å². The third kappa shape index (κ3) is 6.68. The molecule has 0 aliphatic heterocycles. The normalized spacial score (nSPS) is 10.8.